The molecule has 0 bridgehead atoms. The van der Waals surface area contributed by atoms with Gasteiger partial charge in [0.2, 0.25) is 0 Å². The third-order valence-electron chi connectivity index (χ3n) is 3.36. The highest BCUT2D eigenvalue weighted by molar-refractivity contribution is 5.95. The van der Waals surface area contributed by atoms with E-state index in [4.69, 9.17) is 15.6 Å². The molecular formula is C13H18N2O3. The lowest BCUT2D eigenvalue weighted by Gasteiger charge is -2.17. The Morgan fingerprint density at radius 3 is 3.00 bits per heavy atom. The molecule has 0 aromatic heterocycles. The van der Waals surface area contributed by atoms with Gasteiger partial charge in [0, 0.05) is 24.8 Å². The van der Waals surface area contributed by atoms with Crippen LogP contribution in [-0.2, 0) is 4.74 Å². The van der Waals surface area contributed by atoms with Crippen molar-refractivity contribution >= 4 is 17.3 Å². The first-order valence-corrected chi connectivity index (χ1v) is 6.06. The summed E-state index contributed by atoms with van der Waals surface area (Å²) in [5, 5.41) is 12.3. The third-order valence-corrected chi connectivity index (χ3v) is 3.36. The number of carboxylic acid groups (broad SMARTS) is 1. The van der Waals surface area contributed by atoms with Crippen LogP contribution >= 0.6 is 0 Å². The first-order chi connectivity index (χ1) is 8.58. The van der Waals surface area contributed by atoms with Crippen LogP contribution in [0.3, 0.4) is 0 Å². The van der Waals surface area contributed by atoms with E-state index in [1.807, 2.05) is 6.92 Å². The number of nitrogen functional groups attached to an aromatic ring is 1. The highest BCUT2D eigenvalue weighted by Gasteiger charge is 2.24. The average Bonchev–Trinajstić information content (AvgIpc) is 2.72. The quantitative estimate of drug-likeness (QED) is 0.710. The fraction of sp³-hybridized carbons (Fsp3) is 0.462. The SMILES string of the molecule is CC1OCCC1CNc1cc(N)ccc1C(=O)O. The van der Waals surface area contributed by atoms with Crippen molar-refractivity contribution in [2.75, 3.05) is 24.2 Å². The highest BCUT2D eigenvalue weighted by Crippen LogP contribution is 2.24. The standard InChI is InChI=1S/C13H18N2O3/c1-8-9(4-5-18-8)7-15-12-6-10(14)2-3-11(12)13(16)17/h2-3,6,8-9,15H,4-5,7,14H2,1H3,(H,16,17). The second-order valence-electron chi connectivity index (χ2n) is 4.62. The Bertz CT molecular complexity index is 448. The maximum absolute atomic E-state index is 11.1. The van der Waals surface area contributed by atoms with E-state index in [0.29, 0.717) is 23.8 Å². The van der Waals surface area contributed by atoms with Crippen LogP contribution in [0.25, 0.3) is 0 Å². The number of nitrogens with two attached hydrogens (primary N) is 1. The van der Waals surface area contributed by atoms with Gasteiger partial charge in [-0.2, -0.15) is 0 Å². The first-order valence-electron chi connectivity index (χ1n) is 6.06. The second-order valence-corrected chi connectivity index (χ2v) is 4.62. The van der Waals surface area contributed by atoms with Gasteiger partial charge < -0.3 is 20.9 Å². The number of anilines is 2. The number of hydrogen-bond donors (Lipinski definition) is 3. The fourth-order valence-electron chi connectivity index (χ4n) is 2.18. The van der Waals surface area contributed by atoms with Crippen LogP contribution in [0.4, 0.5) is 11.4 Å². The maximum Gasteiger partial charge on any atom is 0.337 e. The molecule has 1 aromatic carbocycles. The minimum Gasteiger partial charge on any atom is -0.478 e. The van der Waals surface area contributed by atoms with Crippen LogP contribution in [0.1, 0.15) is 23.7 Å². The van der Waals surface area contributed by atoms with Crippen LogP contribution in [-0.4, -0.2) is 30.3 Å². The molecule has 98 valence electrons. The molecule has 0 spiro atoms. The summed E-state index contributed by atoms with van der Waals surface area (Å²) in [5.74, 6) is -0.540. The summed E-state index contributed by atoms with van der Waals surface area (Å²) in [6.45, 7) is 3.51. The predicted molar refractivity (Wildman–Crippen MR) is 69.8 cm³/mol. The second kappa shape index (κ2) is 5.27. The molecule has 0 amide bonds. The molecule has 1 aromatic rings. The van der Waals surface area contributed by atoms with Gasteiger partial charge in [0.15, 0.2) is 0 Å². The number of carbonyl (C=O) groups is 1. The van der Waals surface area contributed by atoms with E-state index in [0.717, 1.165) is 13.0 Å². The van der Waals surface area contributed by atoms with E-state index >= 15 is 0 Å². The molecule has 0 aliphatic carbocycles. The topological polar surface area (TPSA) is 84.6 Å². The largest absolute Gasteiger partial charge is 0.478 e. The van der Waals surface area contributed by atoms with Crippen molar-refractivity contribution in [1.29, 1.82) is 0 Å². The van der Waals surface area contributed by atoms with E-state index in [1.54, 1.807) is 12.1 Å². The van der Waals surface area contributed by atoms with Gasteiger partial charge in [-0.05, 0) is 31.5 Å². The number of benzene rings is 1. The smallest absolute Gasteiger partial charge is 0.337 e. The van der Waals surface area contributed by atoms with Gasteiger partial charge in [-0.25, -0.2) is 4.79 Å². The van der Waals surface area contributed by atoms with E-state index in [1.165, 1.54) is 6.07 Å². The van der Waals surface area contributed by atoms with E-state index in [9.17, 15) is 4.79 Å². The van der Waals surface area contributed by atoms with Crippen molar-refractivity contribution in [2.24, 2.45) is 5.92 Å². The van der Waals surface area contributed by atoms with Gasteiger partial charge in [-0.1, -0.05) is 0 Å². The number of hydrogen-bond acceptors (Lipinski definition) is 4. The minimum absolute atomic E-state index is 0.215. The Balaban J connectivity index is 2.08. The number of aromatic carboxylic acids is 1. The van der Waals surface area contributed by atoms with E-state index in [-0.39, 0.29) is 11.7 Å². The molecule has 1 aliphatic heterocycles. The van der Waals surface area contributed by atoms with Gasteiger partial charge in [0.25, 0.3) is 0 Å². The molecule has 0 radical (unpaired) electrons. The lowest BCUT2D eigenvalue weighted by molar-refractivity contribution is 0.0698. The Hall–Kier alpha value is -1.75. The zero-order valence-electron chi connectivity index (χ0n) is 10.3. The van der Waals surface area contributed by atoms with E-state index in [2.05, 4.69) is 5.32 Å². The summed E-state index contributed by atoms with van der Waals surface area (Å²) in [5.41, 5.74) is 7.05. The fourth-order valence-corrected chi connectivity index (χ4v) is 2.18. The van der Waals surface area contributed by atoms with E-state index < -0.39 is 5.97 Å². The zero-order valence-corrected chi connectivity index (χ0v) is 10.3. The number of nitrogens with one attached hydrogen (secondary N) is 1. The molecule has 5 nitrogen and oxygen atoms in total. The summed E-state index contributed by atoms with van der Waals surface area (Å²) < 4.78 is 5.47. The zero-order chi connectivity index (χ0) is 13.1. The van der Waals surface area contributed by atoms with Gasteiger partial charge in [-0.15, -0.1) is 0 Å². The molecule has 1 saturated heterocycles. The minimum atomic E-state index is -0.951. The molecule has 2 rings (SSSR count). The van der Waals surface area contributed by atoms with Crippen LogP contribution in [0.2, 0.25) is 0 Å². The summed E-state index contributed by atoms with van der Waals surface area (Å²) in [6.07, 6.45) is 1.21. The average molecular weight is 250 g/mol. The van der Waals surface area contributed by atoms with Gasteiger partial charge in [0.1, 0.15) is 0 Å². The first kappa shape index (κ1) is 12.7. The lowest BCUT2D eigenvalue weighted by Crippen LogP contribution is -2.21. The highest BCUT2D eigenvalue weighted by atomic mass is 16.5. The summed E-state index contributed by atoms with van der Waals surface area (Å²) >= 11 is 0. The van der Waals surface area contributed by atoms with Crippen LogP contribution in [0.5, 0.6) is 0 Å². The van der Waals surface area contributed by atoms with Crippen molar-refractivity contribution < 1.29 is 14.6 Å². The molecule has 1 aliphatic rings. The Morgan fingerprint density at radius 2 is 2.39 bits per heavy atom. The van der Waals surface area contributed by atoms with Crippen molar-refractivity contribution in [3.63, 3.8) is 0 Å². The van der Waals surface area contributed by atoms with Crippen LogP contribution in [0.15, 0.2) is 18.2 Å². The van der Waals surface area contributed by atoms with Crippen molar-refractivity contribution in [3.8, 4) is 0 Å². The van der Waals surface area contributed by atoms with Crippen molar-refractivity contribution in [2.45, 2.75) is 19.4 Å². The summed E-state index contributed by atoms with van der Waals surface area (Å²) in [7, 11) is 0. The van der Waals surface area contributed by atoms with Gasteiger partial charge in [0.05, 0.1) is 17.4 Å². The summed E-state index contributed by atoms with van der Waals surface area (Å²) in [4.78, 5) is 11.1. The molecule has 2 atom stereocenters. The van der Waals surface area contributed by atoms with Gasteiger partial charge >= 0.3 is 5.97 Å². The van der Waals surface area contributed by atoms with Gasteiger partial charge in [-0.3, -0.25) is 0 Å². The number of rotatable bonds is 4. The molecule has 4 N–H and O–H groups in total. The molecule has 18 heavy (non-hydrogen) atoms. The molecule has 0 saturated carbocycles. The third kappa shape index (κ3) is 2.73. The Morgan fingerprint density at radius 1 is 1.61 bits per heavy atom. The molecule has 5 heteroatoms. The van der Waals surface area contributed by atoms with Crippen LogP contribution < -0.4 is 11.1 Å². The lowest BCUT2D eigenvalue weighted by atomic mass is 10.0. The molecule has 1 fully saturated rings. The molecular weight excluding hydrogens is 232 g/mol. The monoisotopic (exact) mass is 250 g/mol. The Kier molecular flexibility index (Phi) is 3.72. The predicted octanol–water partition coefficient (Wildman–Crippen LogP) is 1.80. The van der Waals surface area contributed by atoms with Crippen molar-refractivity contribution in [1.82, 2.24) is 0 Å². The van der Waals surface area contributed by atoms with Crippen LogP contribution in [0, 0.1) is 5.92 Å². The Labute approximate surface area is 106 Å². The van der Waals surface area contributed by atoms with Crippen molar-refractivity contribution in [3.05, 3.63) is 23.8 Å². The number of ether oxygens (including phenoxy) is 1. The molecule has 1 heterocycles. The number of carboxylic acids is 1. The maximum atomic E-state index is 11.1. The summed E-state index contributed by atoms with van der Waals surface area (Å²) in [6, 6.07) is 4.77. The molecule has 2 unspecified atom stereocenters. The normalized spacial score (nSPS) is 22.9.